The fourth-order valence-corrected chi connectivity index (χ4v) is 2.13. The third-order valence-electron chi connectivity index (χ3n) is 2.10. The number of rotatable bonds is 2. The highest BCUT2D eigenvalue weighted by Gasteiger charge is 2.19. The van der Waals surface area contributed by atoms with Crippen LogP contribution in [0.4, 0.5) is 4.39 Å². The van der Waals surface area contributed by atoms with E-state index in [1.807, 2.05) is 0 Å². The number of carbonyl (C=O) groups is 1. The van der Waals surface area contributed by atoms with Crippen molar-refractivity contribution in [2.24, 2.45) is 5.14 Å². The SMILES string of the molecule is CNC(=O)c1cc(F)cc(S(N)(=O)=O)c1C. The van der Waals surface area contributed by atoms with Gasteiger partial charge in [0.05, 0.1) is 4.90 Å². The highest BCUT2D eigenvalue weighted by molar-refractivity contribution is 7.89. The van der Waals surface area contributed by atoms with Crippen LogP contribution in [0.15, 0.2) is 17.0 Å². The molecule has 7 heteroatoms. The summed E-state index contributed by atoms with van der Waals surface area (Å²) in [6.45, 7) is 1.39. The first-order chi connectivity index (χ1) is 7.27. The molecule has 0 heterocycles. The summed E-state index contributed by atoms with van der Waals surface area (Å²) in [7, 11) is -2.68. The van der Waals surface area contributed by atoms with Gasteiger partial charge in [-0.25, -0.2) is 17.9 Å². The van der Waals surface area contributed by atoms with Gasteiger partial charge in [0.2, 0.25) is 10.0 Å². The Labute approximate surface area is 92.5 Å². The number of hydrogen-bond donors (Lipinski definition) is 2. The molecule has 0 fully saturated rings. The number of halogens is 1. The molecule has 0 unspecified atom stereocenters. The zero-order chi connectivity index (χ0) is 12.5. The molecule has 88 valence electrons. The minimum Gasteiger partial charge on any atom is -0.355 e. The maximum Gasteiger partial charge on any atom is 0.251 e. The minimum atomic E-state index is -4.04. The molecule has 0 spiro atoms. The van der Waals surface area contributed by atoms with E-state index in [9.17, 15) is 17.6 Å². The summed E-state index contributed by atoms with van der Waals surface area (Å²) in [5.41, 5.74) is 0.0785. The maximum atomic E-state index is 13.1. The lowest BCUT2D eigenvalue weighted by molar-refractivity contribution is 0.0961. The van der Waals surface area contributed by atoms with Gasteiger partial charge in [-0.3, -0.25) is 4.79 Å². The molecule has 16 heavy (non-hydrogen) atoms. The first-order valence-electron chi connectivity index (χ1n) is 4.32. The van der Waals surface area contributed by atoms with E-state index < -0.39 is 21.7 Å². The third kappa shape index (κ3) is 2.37. The van der Waals surface area contributed by atoms with Crippen molar-refractivity contribution in [3.05, 3.63) is 29.1 Å². The number of carbonyl (C=O) groups excluding carboxylic acids is 1. The second kappa shape index (κ2) is 4.18. The van der Waals surface area contributed by atoms with Crippen LogP contribution in [0.2, 0.25) is 0 Å². The first kappa shape index (κ1) is 12.6. The average molecular weight is 246 g/mol. The number of benzene rings is 1. The molecule has 0 saturated heterocycles. The quantitative estimate of drug-likeness (QED) is 0.777. The van der Waals surface area contributed by atoms with Crippen molar-refractivity contribution in [3.63, 3.8) is 0 Å². The van der Waals surface area contributed by atoms with Crippen LogP contribution in [-0.4, -0.2) is 21.4 Å². The molecule has 0 saturated carbocycles. The van der Waals surface area contributed by atoms with Crippen molar-refractivity contribution in [3.8, 4) is 0 Å². The van der Waals surface area contributed by atoms with Gasteiger partial charge in [-0.1, -0.05) is 0 Å². The molecule has 0 bridgehead atoms. The second-order valence-electron chi connectivity index (χ2n) is 3.20. The monoisotopic (exact) mass is 246 g/mol. The number of hydrogen-bond acceptors (Lipinski definition) is 3. The van der Waals surface area contributed by atoms with E-state index in [-0.39, 0.29) is 16.0 Å². The fraction of sp³-hybridized carbons (Fsp3) is 0.222. The Morgan fingerprint density at radius 1 is 1.44 bits per heavy atom. The van der Waals surface area contributed by atoms with E-state index in [0.29, 0.717) is 0 Å². The van der Waals surface area contributed by atoms with Crippen LogP contribution < -0.4 is 10.5 Å². The smallest absolute Gasteiger partial charge is 0.251 e. The van der Waals surface area contributed by atoms with Crippen molar-refractivity contribution in [2.75, 3.05) is 7.05 Å². The summed E-state index contributed by atoms with van der Waals surface area (Å²) in [5.74, 6) is -1.39. The molecule has 5 nitrogen and oxygen atoms in total. The van der Waals surface area contributed by atoms with Gasteiger partial charge in [-0.2, -0.15) is 0 Å². The normalized spacial score (nSPS) is 11.2. The number of nitrogens with two attached hydrogens (primary N) is 1. The Bertz CT molecular complexity index is 540. The van der Waals surface area contributed by atoms with Crippen LogP contribution in [0, 0.1) is 12.7 Å². The van der Waals surface area contributed by atoms with Gasteiger partial charge in [0, 0.05) is 12.6 Å². The second-order valence-corrected chi connectivity index (χ2v) is 4.73. The van der Waals surface area contributed by atoms with E-state index in [4.69, 9.17) is 5.14 Å². The highest BCUT2D eigenvalue weighted by atomic mass is 32.2. The zero-order valence-electron chi connectivity index (χ0n) is 8.74. The summed E-state index contributed by atoms with van der Waals surface area (Å²) in [5, 5.41) is 7.20. The van der Waals surface area contributed by atoms with Crippen LogP contribution in [0.5, 0.6) is 0 Å². The Morgan fingerprint density at radius 3 is 2.44 bits per heavy atom. The van der Waals surface area contributed by atoms with Gasteiger partial charge in [0.25, 0.3) is 5.91 Å². The van der Waals surface area contributed by atoms with Crippen LogP contribution >= 0.6 is 0 Å². The van der Waals surface area contributed by atoms with Crippen LogP contribution in [0.1, 0.15) is 15.9 Å². The lowest BCUT2D eigenvalue weighted by Crippen LogP contribution is -2.22. The predicted octanol–water partition coefficient (Wildman–Crippen LogP) is 0.141. The molecule has 0 aromatic heterocycles. The van der Waals surface area contributed by atoms with Crippen LogP contribution in [0.25, 0.3) is 0 Å². The molecule has 0 aliphatic rings. The molecular weight excluding hydrogens is 235 g/mol. The zero-order valence-corrected chi connectivity index (χ0v) is 9.56. The number of amides is 1. The Hall–Kier alpha value is -1.47. The molecule has 0 atom stereocenters. The Kier molecular flexibility index (Phi) is 3.30. The van der Waals surface area contributed by atoms with Crippen molar-refractivity contribution in [2.45, 2.75) is 11.8 Å². The van der Waals surface area contributed by atoms with Gasteiger partial charge >= 0.3 is 0 Å². The molecule has 1 rings (SSSR count). The van der Waals surface area contributed by atoms with Gasteiger partial charge < -0.3 is 5.32 Å². The largest absolute Gasteiger partial charge is 0.355 e. The van der Waals surface area contributed by atoms with E-state index in [1.54, 1.807) is 0 Å². The third-order valence-corrected chi connectivity index (χ3v) is 3.14. The van der Waals surface area contributed by atoms with Crippen LogP contribution in [-0.2, 0) is 10.0 Å². The van der Waals surface area contributed by atoms with E-state index in [1.165, 1.54) is 14.0 Å². The molecular formula is C9H11FN2O3S. The standard InChI is InChI=1S/C9H11FN2O3S/c1-5-7(9(13)12-2)3-6(10)4-8(5)16(11,14)15/h3-4H,1-2H3,(H,12,13)(H2,11,14,15). The van der Waals surface area contributed by atoms with E-state index >= 15 is 0 Å². The fourth-order valence-electron chi connectivity index (χ4n) is 1.32. The molecule has 0 aliphatic heterocycles. The number of primary sulfonamides is 1. The van der Waals surface area contributed by atoms with Gasteiger partial charge in [-0.15, -0.1) is 0 Å². The molecule has 1 amide bonds. The topological polar surface area (TPSA) is 89.3 Å². The lowest BCUT2D eigenvalue weighted by atomic mass is 10.1. The summed E-state index contributed by atoms with van der Waals surface area (Å²) in [6.07, 6.45) is 0. The van der Waals surface area contributed by atoms with Crippen LogP contribution in [0.3, 0.4) is 0 Å². The molecule has 1 aromatic carbocycles. The van der Waals surface area contributed by atoms with Crippen molar-refractivity contribution >= 4 is 15.9 Å². The molecule has 1 aromatic rings. The number of nitrogens with one attached hydrogen (secondary N) is 1. The van der Waals surface area contributed by atoms with Gasteiger partial charge in [0.1, 0.15) is 5.82 Å². The van der Waals surface area contributed by atoms with Crippen molar-refractivity contribution < 1.29 is 17.6 Å². The summed E-state index contributed by atoms with van der Waals surface area (Å²) >= 11 is 0. The van der Waals surface area contributed by atoms with Gasteiger partial charge in [0.15, 0.2) is 0 Å². The predicted molar refractivity (Wildman–Crippen MR) is 55.9 cm³/mol. The maximum absolute atomic E-state index is 13.1. The Morgan fingerprint density at radius 2 is 2.00 bits per heavy atom. The molecule has 0 radical (unpaired) electrons. The lowest BCUT2D eigenvalue weighted by Gasteiger charge is -2.09. The van der Waals surface area contributed by atoms with Crippen molar-refractivity contribution in [1.29, 1.82) is 0 Å². The van der Waals surface area contributed by atoms with Gasteiger partial charge in [-0.05, 0) is 24.6 Å². The molecule has 0 aliphatic carbocycles. The number of sulfonamides is 1. The summed E-state index contributed by atoms with van der Waals surface area (Å²) in [6, 6.07) is 1.75. The van der Waals surface area contributed by atoms with E-state index in [0.717, 1.165) is 12.1 Å². The summed E-state index contributed by atoms with van der Waals surface area (Å²) in [4.78, 5) is 11.0. The van der Waals surface area contributed by atoms with E-state index in [2.05, 4.69) is 5.32 Å². The first-order valence-corrected chi connectivity index (χ1v) is 5.87. The molecule has 3 N–H and O–H groups in total. The summed E-state index contributed by atoms with van der Waals surface area (Å²) < 4.78 is 35.4. The Balaban J connectivity index is 3.56. The minimum absolute atomic E-state index is 0.0495. The highest BCUT2D eigenvalue weighted by Crippen LogP contribution is 2.19. The van der Waals surface area contributed by atoms with Crippen molar-refractivity contribution in [1.82, 2.24) is 5.32 Å². The average Bonchev–Trinajstić information content (AvgIpc) is 2.18.